The van der Waals surface area contributed by atoms with Crippen LogP contribution in [-0.4, -0.2) is 21.9 Å². The van der Waals surface area contributed by atoms with Gasteiger partial charge in [0.15, 0.2) is 0 Å². The van der Waals surface area contributed by atoms with Crippen LogP contribution in [0.25, 0.3) is 11.0 Å². The average Bonchev–Trinajstić information content (AvgIpc) is 2.66. The lowest BCUT2D eigenvalue weighted by Gasteiger charge is -2.07. The van der Waals surface area contributed by atoms with Crippen molar-refractivity contribution in [3.8, 4) is 0 Å². The van der Waals surface area contributed by atoms with Crippen LogP contribution in [0.3, 0.4) is 0 Å². The first-order chi connectivity index (χ1) is 8.61. The summed E-state index contributed by atoms with van der Waals surface area (Å²) in [4.78, 5) is 16.4. The molecule has 4 nitrogen and oxygen atoms in total. The van der Waals surface area contributed by atoms with Crippen LogP contribution in [0.15, 0.2) is 24.3 Å². The summed E-state index contributed by atoms with van der Waals surface area (Å²) >= 11 is 0. The molecule has 0 aliphatic carbocycles. The van der Waals surface area contributed by atoms with Gasteiger partial charge in [0.05, 0.1) is 17.5 Å². The number of benzene rings is 1. The van der Waals surface area contributed by atoms with Gasteiger partial charge in [-0.1, -0.05) is 19.1 Å². The van der Waals surface area contributed by atoms with E-state index in [0.29, 0.717) is 19.4 Å². The highest BCUT2D eigenvalue weighted by Gasteiger charge is 2.13. The second kappa shape index (κ2) is 5.31. The smallest absolute Gasteiger partial charge is 0.140 e. The molecule has 0 spiro atoms. The number of hydrogen-bond acceptors (Lipinski definition) is 3. The van der Waals surface area contributed by atoms with E-state index in [1.165, 1.54) is 0 Å². The van der Waals surface area contributed by atoms with E-state index in [0.717, 1.165) is 16.9 Å². The van der Waals surface area contributed by atoms with Gasteiger partial charge in [-0.05, 0) is 24.6 Å². The predicted molar refractivity (Wildman–Crippen MR) is 72.3 cm³/mol. The van der Waals surface area contributed by atoms with Gasteiger partial charge >= 0.3 is 0 Å². The van der Waals surface area contributed by atoms with Gasteiger partial charge in [-0.2, -0.15) is 0 Å². The highest BCUT2D eigenvalue weighted by atomic mass is 16.1. The second-order valence-electron chi connectivity index (χ2n) is 4.84. The molecule has 2 N–H and O–H groups in total. The zero-order valence-corrected chi connectivity index (χ0v) is 10.9. The van der Waals surface area contributed by atoms with Gasteiger partial charge in [0.2, 0.25) is 0 Å². The number of fused-ring (bicyclic) bond motifs is 1. The molecule has 0 saturated heterocycles. The third-order valence-corrected chi connectivity index (χ3v) is 3.21. The van der Waals surface area contributed by atoms with Crippen molar-refractivity contribution in [2.45, 2.75) is 19.8 Å². The van der Waals surface area contributed by atoms with Crippen molar-refractivity contribution < 1.29 is 4.79 Å². The molecular weight excluding hydrogens is 226 g/mol. The second-order valence-corrected chi connectivity index (χ2v) is 4.84. The van der Waals surface area contributed by atoms with Crippen LogP contribution in [-0.2, 0) is 18.3 Å². The minimum absolute atomic E-state index is 0.200. The third-order valence-electron chi connectivity index (χ3n) is 3.21. The Morgan fingerprint density at radius 2 is 2.17 bits per heavy atom. The number of nitrogens with zero attached hydrogens (tertiary/aromatic N) is 2. The van der Waals surface area contributed by atoms with E-state index in [1.807, 2.05) is 42.8 Å². The van der Waals surface area contributed by atoms with Gasteiger partial charge in [-0.25, -0.2) is 4.98 Å². The van der Waals surface area contributed by atoms with Crippen LogP contribution < -0.4 is 5.73 Å². The van der Waals surface area contributed by atoms with E-state index in [4.69, 9.17) is 5.73 Å². The third kappa shape index (κ3) is 2.59. The quantitative estimate of drug-likeness (QED) is 0.871. The van der Waals surface area contributed by atoms with Crippen molar-refractivity contribution >= 4 is 16.8 Å². The molecule has 0 amide bonds. The first-order valence-electron chi connectivity index (χ1n) is 6.24. The molecule has 1 aromatic heterocycles. The number of hydrogen-bond donors (Lipinski definition) is 1. The van der Waals surface area contributed by atoms with Gasteiger partial charge < -0.3 is 10.3 Å². The first-order valence-corrected chi connectivity index (χ1v) is 6.24. The summed E-state index contributed by atoms with van der Waals surface area (Å²) in [7, 11) is 1.95. The minimum atomic E-state index is 0.200. The summed E-state index contributed by atoms with van der Waals surface area (Å²) in [6, 6.07) is 7.91. The normalized spacial score (nSPS) is 12.8. The number of nitrogens with two attached hydrogens (primary N) is 1. The van der Waals surface area contributed by atoms with Gasteiger partial charge in [-0.15, -0.1) is 0 Å². The van der Waals surface area contributed by atoms with Gasteiger partial charge in [0, 0.05) is 13.5 Å². The Morgan fingerprint density at radius 3 is 2.83 bits per heavy atom. The van der Waals surface area contributed by atoms with E-state index >= 15 is 0 Å². The molecule has 1 unspecified atom stereocenters. The molecule has 96 valence electrons. The summed E-state index contributed by atoms with van der Waals surface area (Å²) in [6.07, 6.45) is 0.912. The predicted octanol–water partition coefficient (Wildman–Crippen LogP) is 1.67. The Bertz CT molecular complexity index is 559. The van der Waals surface area contributed by atoms with Crippen LogP contribution in [0.4, 0.5) is 0 Å². The zero-order valence-electron chi connectivity index (χ0n) is 10.9. The standard InChI is InChI=1S/C14H19N3O/c1-10(9-15)7-11(18)8-14-16-12-5-3-4-6-13(12)17(14)2/h3-6,10H,7-9,15H2,1-2H3. The fourth-order valence-corrected chi connectivity index (χ4v) is 2.07. The number of aryl methyl sites for hydroxylation is 1. The number of ketones is 1. The largest absolute Gasteiger partial charge is 0.331 e. The van der Waals surface area contributed by atoms with Crippen LogP contribution in [0.5, 0.6) is 0 Å². The maximum atomic E-state index is 11.9. The molecule has 2 aromatic rings. The molecule has 4 heteroatoms. The summed E-state index contributed by atoms with van der Waals surface area (Å²) in [6.45, 7) is 2.54. The lowest BCUT2D eigenvalue weighted by atomic mass is 10.0. The summed E-state index contributed by atoms with van der Waals surface area (Å²) in [5.41, 5.74) is 7.53. The van der Waals surface area contributed by atoms with Crippen LogP contribution in [0.1, 0.15) is 19.2 Å². The Balaban J connectivity index is 2.17. The average molecular weight is 245 g/mol. The maximum Gasteiger partial charge on any atom is 0.140 e. The zero-order chi connectivity index (χ0) is 13.1. The van der Waals surface area contributed by atoms with Crippen LogP contribution >= 0.6 is 0 Å². The molecule has 1 atom stereocenters. The monoisotopic (exact) mass is 245 g/mol. The SMILES string of the molecule is CC(CN)CC(=O)Cc1nc2ccccc2n1C. The van der Waals surface area contributed by atoms with E-state index in [9.17, 15) is 4.79 Å². The molecule has 0 aliphatic rings. The summed E-state index contributed by atoms with van der Waals surface area (Å²) in [5, 5.41) is 0. The van der Waals surface area contributed by atoms with Gasteiger partial charge in [-0.3, -0.25) is 4.79 Å². The van der Waals surface area contributed by atoms with E-state index < -0.39 is 0 Å². The van der Waals surface area contributed by atoms with Crippen LogP contribution in [0, 0.1) is 5.92 Å². The molecule has 0 saturated carbocycles. The van der Waals surface area contributed by atoms with Crippen molar-refractivity contribution in [3.63, 3.8) is 0 Å². The molecule has 0 radical (unpaired) electrons. The highest BCUT2D eigenvalue weighted by molar-refractivity contribution is 5.82. The number of aromatic nitrogens is 2. The van der Waals surface area contributed by atoms with E-state index in [2.05, 4.69) is 4.98 Å². The Kier molecular flexibility index (Phi) is 3.77. The topological polar surface area (TPSA) is 60.9 Å². The number of para-hydroxylation sites is 2. The molecule has 0 aliphatic heterocycles. The fraction of sp³-hybridized carbons (Fsp3) is 0.429. The summed E-state index contributed by atoms with van der Waals surface area (Å²) in [5.74, 6) is 1.27. The Labute approximate surface area is 107 Å². The van der Waals surface area contributed by atoms with Crippen molar-refractivity contribution in [2.24, 2.45) is 18.7 Å². The molecule has 0 bridgehead atoms. The number of rotatable bonds is 5. The number of carbonyl (C=O) groups excluding carboxylic acids is 1. The van der Waals surface area contributed by atoms with Crippen molar-refractivity contribution in [3.05, 3.63) is 30.1 Å². The maximum absolute atomic E-state index is 11.9. The Morgan fingerprint density at radius 1 is 1.44 bits per heavy atom. The Hall–Kier alpha value is -1.68. The lowest BCUT2D eigenvalue weighted by Crippen LogP contribution is -2.17. The summed E-state index contributed by atoms with van der Waals surface area (Å²) < 4.78 is 1.99. The molecule has 18 heavy (non-hydrogen) atoms. The fourth-order valence-electron chi connectivity index (χ4n) is 2.07. The number of imidazole rings is 1. The van der Waals surface area contributed by atoms with Crippen molar-refractivity contribution in [1.29, 1.82) is 0 Å². The van der Waals surface area contributed by atoms with Crippen molar-refractivity contribution in [1.82, 2.24) is 9.55 Å². The molecule has 0 fully saturated rings. The molecule has 1 heterocycles. The number of Topliss-reactive ketones (excluding diaryl/α,β-unsaturated/α-hetero) is 1. The van der Waals surface area contributed by atoms with E-state index in [1.54, 1.807) is 0 Å². The first kappa shape index (κ1) is 12.8. The highest BCUT2D eigenvalue weighted by Crippen LogP contribution is 2.15. The minimum Gasteiger partial charge on any atom is -0.331 e. The number of carbonyl (C=O) groups is 1. The van der Waals surface area contributed by atoms with Crippen LogP contribution in [0.2, 0.25) is 0 Å². The van der Waals surface area contributed by atoms with Gasteiger partial charge in [0.1, 0.15) is 11.6 Å². The van der Waals surface area contributed by atoms with Gasteiger partial charge in [0.25, 0.3) is 0 Å². The molecule has 1 aromatic carbocycles. The van der Waals surface area contributed by atoms with E-state index in [-0.39, 0.29) is 11.7 Å². The molecule has 2 rings (SSSR count). The molecular formula is C14H19N3O. The van der Waals surface area contributed by atoms with Crippen molar-refractivity contribution in [2.75, 3.05) is 6.54 Å². The lowest BCUT2D eigenvalue weighted by molar-refractivity contribution is -0.119.